The first-order valence-electron chi connectivity index (χ1n) is 8.47. The Morgan fingerprint density at radius 2 is 1.96 bits per heavy atom. The Kier molecular flexibility index (Phi) is 4.56. The van der Waals surface area contributed by atoms with Gasteiger partial charge in [-0.1, -0.05) is 72.0 Å². The number of thiazole rings is 1. The van der Waals surface area contributed by atoms with Crippen LogP contribution in [0.2, 0.25) is 0 Å². The predicted octanol–water partition coefficient (Wildman–Crippen LogP) is 3.24. The van der Waals surface area contributed by atoms with Crippen molar-refractivity contribution in [2.75, 3.05) is 6.61 Å². The quantitative estimate of drug-likeness (QED) is 0.503. The molecule has 0 aliphatic heterocycles. The van der Waals surface area contributed by atoms with Crippen LogP contribution in [0.5, 0.6) is 5.75 Å². The molecular formula is C21H17N3O2S. The summed E-state index contributed by atoms with van der Waals surface area (Å²) in [7, 11) is 0. The first-order chi connectivity index (χ1) is 13.2. The predicted molar refractivity (Wildman–Crippen MR) is 108 cm³/mol. The highest BCUT2D eigenvalue weighted by molar-refractivity contribution is 7.15. The van der Waals surface area contributed by atoms with Crippen LogP contribution in [0, 0.1) is 6.92 Å². The third kappa shape index (κ3) is 3.39. The molecule has 0 unspecified atom stereocenters. The second-order valence-electron chi connectivity index (χ2n) is 6.05. The summed E-state index contributed by atoms with van der Waals surface area (Å²) in [5, 5.41) is 4.39. The maximum Gasteiger partial charge on any atom is 0.291 e. The van der Waals surface area contributed by atoms with Crippen molar-refractivity contribution in [3.63, 3.8) is 0 Å². The van der Waals surface area contributed by atoms with Gasteiger partial charge in [0, 0.05) is 11.1 Å². The number of aryl methyl sites for hydroxylation is 1. The Hall–Kier alpha value is -3.25. The van der Waals surface area contributed by atoms with Crippen molar-refractivity contribution >= 4 is 22.4 Å². The van der Waals surface area contributed by atoms with Crippen LogP contribution in [0.25, 0.3) is 22.4 Å². The zero-order valence-corrected chi connectivity index (χ0v) is 15.6. The van der Waals surface area contributed by atoms with Gasteiger partial charge in [0.05, 0.1) is 4.53 Å². The highest BCUT2D eigenvalue weighted by Gasteiger charge is 2.12. The molecule has 0 bridgehead atoms. The van der Waals surface area contributed by atoms with Crippen LogP contribution in [-0.2, 0) is 0 Å². The molecule has 0 aliphatic carbocycles. The summed E-state index contributed by atoms with van der Waals surface area (Å²) in [6, 6.07) is 15.5. The molecule has 0 aliphatic rings. The first-order valence-corrected chi connectivity index (χ1v) is 9.28. The van der Waals surface area contributed by atoms with Crippen molar-refractivity contribution in [2.45, 2.75) is 6.92 Å². The Morgan fingerprint density at radius 1 is 1.19 bits per heavy atom. The number of ether oxygens (including phenoxy) is 1. The lowest BCUT2D eigenvalue weighted by Crippen LogP contribution is -2.23. The minimum absolute atomic E-state index is 0.181. The summed E-state index contributed by atoms with van der Waals surface area (Å²) in [6.45, 7) is 6.09. The summed E-state index contributed by atoms with van der Waals surface area (Å²) < 4.78 is 7.58. The molecule has 4 aromatic rings. The Bertz CT molecular complexity index is 1220. The zero-order valence-electron chi connectivity index (χ0n) is 14.8. The summed E-state index contributed by atoms with van der Waals surface area (Å²) in [5.41, 5.74) is 2.71. The van der Waals surface area contributed by atoms with Crippen LogP contribution in [-0.4, -0.2) is 21.2 Å². The summed E-state index contributed by atoms with van der Waals surface area (Å²) in [5.74, 6) is 1.26. The van der Waals surface area contributed by atoms with Crippen LogP contribution in [0.15, 0.2) is 66.0 Å². The normalized spacial score (nSPS) is 11.8. The highest BCUT2D eigenvalue weighted by Crippen LogP contribution is 2.20. The lowest BCUT2D eigenvalue weighted by Gasteiger charge is -2.05. The molecule has 0 spiro atoms. The average molecular weight is 375 g/mol. The number of nitrogens with zero attached hydrogens (tertiary/aromatic N) is 3. The SMILES string of the molecule is C=CCOc1ccccc1C=c1sc2nc(-c3ccc(C)cc3)nn2c1=O. The number of fused-ring (bicyclic) bond motifs is 1. The van der Waals surface area contributed by atoms with E-state index in [0.717, 1.165) is 11.1 Å². The van der Waals surface area contributed by atoms with Gasteiger partial charge in [0.15, 0.2) is 5.82 Å². The van der Waals surface area contributed by atoms with Gasteiger partial charge in [-0.05, 0) is 19.1 Å². The summed E-state index contributed by atoms with van der Waals surface area (Å²) in [6.07, 6.45) is 3.50. The molecule has 0 N–H and O–H groups in total. The third-order valence-corrected chi connectivity index (χ3v) is 5.01. The van der Waals surface area contributed by atoms with E-state index in [4.69, 9.17) is 4.74 Å². The van der Waals surface area contributed by atoms with Gasteiger partial charge in [-0.2, -0.15) is 9.50 Å². The van der Waals surface area contributed by atoms with Gasteiger partial charge >= 0.3 is 0 Å². The van der Waals surface area contributed by atoms with Crippen molar-refractivity contribution < 1.29 is 4.74 Å². The zero-order chi connectivity index (χ0) is 18.8. The fraction of sp³-hybridized carbons (Fsp3) is 0.0952. The maximum atomic E-state index is 12.7. The van der Waals surface area contributed by atoms with E-state index in [1.807, 2.05) is 61.5 Å². The monoisotopic (exact) mass is 375 g/mol. The molecule has 0 fully saturated rings. The number of para-hydroxylation sites is 1. The van der Waals surface area contributed by atoms with Crippen molar-refractivity contribution in [1.29, 1.82) is 0 Å². The number of benzene rings is 2. The topological polar surface area (TPSA) is 56.5 Å². The van der Waals surface area contributed by atoms with E-state index in [1.54, 1.807) is 6.08 Å². The fourth-order valence-corrected chi connectivity index (χ4v) is 3.58. The molecule has 0 radical (unpaired) electrons. The van der Waals surface area contributed by atoms with Crippen LogP contribution in [0.4, 0.5) is 0 Å². The molecule has 0 amide bonds. The van der Waals surface area contributed by atoms with E-state index in [0.29, 0.717) is 27.7 Å². The molecule has 27 heavy (non-hydrogen) atoms. The molecule has 0 saturated heterocycles. The molecule has 2 aromatic heterocycles. The van der Waals surface area contributed by atoms with Gasteiger partial charge in [0.1, 0.15) is 12.4 Å². The second kappa shape index (κ2) is 7.17. The lowest BCUT2D eigenvalue weighted by molar-refractivity contribution is 0.362. The van der Waals surface area contributed by atoms with Crippen LogP contribution in [0.3, 0.4) is 0 Å². The van der Waals surface area contributed by atoms with Gasteiger partial charge in [-0.15, -0.1) is 5.10 Å². The molecule has 0 atom stereocenters. The van der Waals surface area contributed by atoms with Crippen LogP contribution >= 0.6 is 11.3 Å². The Labute approximate surface area is 159 Å². The molecule has 5 nitrogen and oxygen atoms in total. The van der Waals surface area contributed by atoms with E-state index >= 15 is 0 Å². The standard InChI is InChI=1S/C21H17N3O2S/c1-3-12-26-17-7-5-4-6-16(17)13-18-20(25)24-21(27-18)22-19(23-24)15-10-8-14(2)9-11-15/h3-11,13H,1,12H2,2H3. The van der Waals surface area contributed by atoms with E-state index in [9.17, 15) is 4.79 Å². The Morgan fingerprint density at radius 3 is 2.70 bits per heavy atom. The van der Waals surface area contributed by atoms with Crippen LogP contribution < -0.4 is 14.8 Å². The van der Waals surface area contributed by atoms with E-state index in [-0.39, 0.29) is 5.56 Å². The van der Waals surface area contributed by atoms with Gasteiger partial charge in [-0.3, -0.25) is 4.79 Å². The smallest absolute Gasteiger partial charge is 0.291 e. The number of hydrogen-bond acceptors (Lipinski definition) is 5. The highest BCUT2D eigenvalue weighted by atomic mass is 32.1. The minimum atomic E-state index is -0.181. The average Bonchev–Trinajstić information content (AvgIpc) is 3.21. The number of aromatic nitrogens is 3. The van der Waals surface area contributed by atoms with Crippen molar-refractivity contribution in [1.82, 2.24) is 14.6 Å². The Balaban J connectivity index is 1.76. The number of rotatable bonds is 5. The van der Waals surface area contributed by atoms with E-state index < -0.39 is 0 Å². The molecule has 134 valence electrons. The largest absolute Gasteiger partial charge is 0.489 e. The van der Waals surface area contributed by atoms with Crippen molar-refractivity contribution in [3.05, 3.63) is 87.2 Å². The molecule has 4 rings (SSSR count). The minimum Gasteiger partial charge on any atom is -0.489 e. The fourth-order valence-electron chi connectivity index (χ4n) is 2.68. The molecule has 0 saturated carbocycles. The summed E-state index contributed by atoms with van der Waals surface area (Å²) in [4.78, 5) is 17.8. The third-order valence-electron chi connectivity index (χ3n) is 4.05. The van der Waals surface area contributed by atoms with E-state index in [1.165, 1.54) is 21.4 Å². The van der Waals surface area contributed by atoms with E-state index in [2.05, 4.69) is 16.7 Å². The van der Waals surface area contributed by atoms with Crippen molar-refractivity contribution in [3.8, 4) is 17.1 Å². The van der Waals surface area contributed by atoms with Gasteiger partial charge < -0.3 is 4.74 Å². The van der Waals surface area contributed by atoms with Gasteiger partial charge in [0.25, 0.3) is 5.56 Å². The first kappa shape index (κ1) is 17.2. The van der Waals surface area contributed by atoms with Gasteiger partial charge in [-0.25, -0.2) is 0 Å². The second-order valence-corrected chi connectivity index (χ2v) is 7.06. The lowest BCUT2D eigenvalue weighted by atomic mass is 10.1. The van der Waals surface area contributed by atoms with Crippen LogP contribution in [0.1, 0.15) is 11.1 Å². The molecule has 2 heterocycles. The van der Waals surface area contributed by atoms with Gasteiger partial charge in [0.2, 0.25) is 4.96 Å². The molecule has 6 heteroatoms. The molecular weight excluding hydrogens is 358 g/mol. The summed E-state index contributed by atoms with van der Waals surface area (Å²) >= 11 is 1.32. The van der Waals surface area contributed by atoms with Crippen molar-refractivity contribution in [2.24, 2.45) is 0 Å². The maximum absolute atomic E-state index is 12.7. The number of hydrogen-bond donors (Lipinski definition) is 0. The molecule has 2 aromatic carbocycles.